The van der Waals surface area contributed by atoms with Crippen LogP contribution < -0.4 is 10.2 Å². The molecule has 1 unspecified atom stereocenters. The summed E-state index contributed by atoms with van der Waals surface area (Å²) in [6, 6.07) is 11.9. The highest BCUT2D eigenvalue weighted by Crippen LogP contribution is 2.27. The summed E-state index contributed by atoms with van der Waals surface area (Å²) in [4.78, 5) is 41.0. The van der Waals surface area contributed by atoms with Gasteiger partial charge < -0.3 is 15.1 Å². The summed E-state index contributed by atoms with van der Waals surface area (Å²) in [6.45, 7) is 8.29. The Kier molecular flexibility index (Phi) is 6.78. The van der Waals surface area contributed by atoms with E-state index >= 15 is 0 Å². The molecule has 6 nitrogen and oxygen atoms in total. The van der Waals surface area contributed by atoms with Gasteiger partial charge in [-0.3, -0.25) is 14.4 Å². The normalized spacial score (nSPS) is 15.8. The van der Waals surface area contributed by atoms with Crippen LogP contribution in [0.15, 0.2) is 36.4 Å². The molecule has 0 saturated carbocycles. The van der Waals surface area contributed by atoms with E-state index in [0.717, 1.165) is 34.5 Å². The maximum Gasteiger partial charge on any atom is 0.243 e. The molecule has 164 valence electrons. The Morgan fingerprint density at radius 3 is 2.29 bits per heavy atom. The van der Waals surface area contributed by atoms with Crippen LogP contribution in [0.3, 0.4) is 0 Å². The van der Waals surface area contributed by atoms with Gasteiger partial charge in [-0.1, -0.05) is 36.8 Å². The zero-order valence-electron chi connectivity index (χ0n) is 19.0. The van der Waals surface area contributed by atoms with Crippen LogP contribution >= 0.6 is 0 Å². The smallest absolute Gasteiger partial charge is 0.243 e. The quantitative estimate of drug-likeness (QED) is 0.774. The Balaban J connectivity index is 1.61. The molecule has 0 bridgehead atoms. The van der Waals surface area contributed by atoms with Gasteiger partial charge in [0, 0.05) is 31.4 Å². The zero-order chi connectivity index (χ0) is 22.7. The highest BCUT2D eigenvalue weighted by molar-refractivity contribution is 6.01. The molecule has 1 fully saturated rings. The molecule has 0 radical (unpaired) electrons. The molecule has 3 rings (SSSR count). The van der Waals surface area contributed by atoms with Crippen LogP contribution in [0.4, 0.5) is 11.4 Å². The number of nitrogens with one attached hydrogen (secondary N) is 1. The average molecular weight is 422 g/mol. The molecule has 2 aromatic carbocycles. The maximum atomic E-state index is 12.9. The molecule has 1 heterocycles. The van der Waals surface area contributed by atoms with Crippen LogP contribution in [-0.4, -0.2) is 42.8 Å². The van der Waals surface area contributed by atoms with Gasteiger partial charge in [-0.25, -0.2) is 0 Å². The number of likely N-dealkylation sites (N-methyl/N-ethyl adjacent to an activating group) is 1. The minimum Gasteiger partial charge on any atom is -0.336 e. The number of rotatable bonds is 6. The van der Waals surface area contributed by atoms with Gasteiger partial charge >= 0.3 is 0 Å². The van der Waals surface area contributed by atoms with Crippen LogP contribution in [-0.2, 0) is 20.8 Å². The fraction of sp³-hybridized carbons (Fsp3) is 0.400. The SMILES string of the molecule is CCc1ccc(N2CC(C(=O)N(C)CC(=O)Nc3c(C)cc(C)cc3C)CC2=O)cc1. The molecule has 1 N–H and O–H groups in total. The second-order valence-electron chi connectivity index (χ2n) is 8.44. The third kappa shape index (κ3) is 5.13. The van der Waals surface area contributed by atoms with Crippen molar-refractivity contribution >= 4 is 29.1 Å². The second kappa shape index (κ2) is 9.33. The Labute approximate surface area is 184 Å². The van der Waals surface area contributed by atoms with E-state index in [1.165, 1.54) is 10.5 Å². The average Bonchev–Trinajstić information content (AvgIpc) is 3.11. The first-order chi connectivity index (χ1) is 14.7. The van der Waals surface area contributed by atoms with Gasteiger partial charge in [-0.05, 0) is 56.0 Å². The number of carbonyl (C=O) groups is 3. The number of anilines is 2. The Bertz CT molecular complexity index is 975. The number of nitrogens with zero attached hydrogens (tertiary/aromatic N) is 2. The van der Waals surface area contributed by atoms with E-state index in [2.05, 4.69) is 12.2 Å². The van der Waals surface area contributed by atoms with E-state index in [1.54, 1.807) is 11.9 Å². The Morgan fingerprint density at radius 1 is 1.10 bits per heavy atom. The van der Waals surface area contributed by atoms with Crippen molar-refractivity contribution in [2.24, 2.45) is 5.92 Å². The van der Waals surface area contributed by atoms with Crippen LogP contribution in [0.1, 0.15) is 35.6 Å². The first-order valence-corrected chi connectivity index (χ1v) is 10.7. The van der Waals surface area contributed by atoms with E-state index < -0.39 is 5.92 Å². The van der Waals surface area contributed by atoms with Crippen LogP contribution in [0.5, 0.6) is 0 Å². The minimum absolute atomic E-state index is 0.0541. The molecule has 1 aliphatic rings. The highest BCUT2D eigenvalue weighted by atomic mass is 16.2. The molecule has 1 atom stereocenters. The summed E-state index contributed by atoms with van der Waals surface area (Å²) in [7, 11) is 1.61. The van der Waals surface area contributed by atoms with Crippen LogP contribution in [0, 0.1) is 26.7 Å². The molecule has 0 spiro atoms. The van der Waals surface area contributed by atoms with Crippen LogP contribution in [0.25, 0.3) is 0 Å². The van der Waals surface area contributed by atoms with Crippen molar-refractivity contribution in [2.75, 3.05) is 30.4 Å². The van der Waals surface area contributed by atoms with Gasteiger partial charge in [0.25, 0.3) is 0 Å². The predicted molar refractivity (Wildman–Crippen MR) is 123 cm³/mol. The van der Waals surface area contributed by atoms with E-state index in [0.29, 0.717) is 6.54 Å². The van der Waals surface area contributed by atoms with E-state index in [9.17, 15) is 14.4 Å². The first-order valence-electron chi connectivity index (χ1n) is 10.7. The fourth-order valence-electron chi connectivity index (χ4n) is 4.20. The van der Waals surface area contributed by atoms with Crippen molar-refractivity contribution in [1.29, 1.82) is 0 Å². The number of benzene rings is 2. The van der Waals surface area contributed by atoms with Gasteiger partial charge in [0.1, 0.15) is 0 Å². The lowest BCUT2D eigenvalue weighted by molar-refractivity contribution is -0.137. The summed E-state index contributed by atoms with van der Waals surface area (Å²) >= 11 is 0. The molecule has 6 heteroatoms. The first kappa shape index (κ1) is 22.5. The zero-order valence-corrected chi connectivity index (χ0v) is 19.0. The minimum atomic E-state index is -0.445. The summed E-state index contributed by atoms with van der Waals surface area (Å²) in [6.07, 6.45) is 1.10. The second-order valence-corrected chi connectivity index (χ2v) is 8.44. The summed E-state index contributed by atoms with van der Waals surface area (Å²) in [5.41, 5.74) is 5.92. The standard InChI is InChI=1S/C25H31N3O3/c1-6-19-7-9-21(10-8-19)28-14-20(13-23(28)30)25(31)27(5)15-22(29)26-24-17(3)11-16(2)12-18(24)4/h7-12,20H,6,13-15H2,1-5H3,(H,26,29). The lowest BCUT2D eigenvalue weighted by Gasteiger charge is -2.22. The molecule has 1 saturated heterocycles. The molecular weight excluding hydrogens is 390 g/mol. The van der Waals surface area contributed by atoms with Gasteiger partial charge in [-0.2, -0.15) is 0 Å². The summed E-state index contributed by atoms with van der Waals surface area (Å²) < 4.78 is 0. The monoisotopic (exact) mass is 421 g/mol. The van der Waals surface area contributed by atoms with Gasteiger partial charge in [-0.15, -0.1) is 0 Å². The topological polar surface area (TPSA) is 69.7 Å². The number of aryl methyl sites for hydroxylation is 4. The predicted octanol–water partition coefficient (Wildman–Crippen LogP) is 3.62. The van der Waals surface area contributed by atoms with E-state index in [4.69, 9.17) is 0 Å². The Hall–Kier alpha value is -3.15. The number of amides is 3. The maximum absolute atomic E-state index is 12.9. The summed E-state index contributed by atoms with van der Waals surface area (Å²) in [5, 5.41) is 2.93. The lowest BCUT2D eigenvalue weighted by atomic mass is 10.0. The van der Waals surface area contributed by atoms with Crippen molar-refractivity contribution in [2.45, 2.75) is 40.5 Å². The van der Waals surface area contributed by atoms with Crippen molar-refractivity contribution < 1.29 is 14.4 Å². The molecular formula is C25H31N3O3. The van der Waals surface area contributed by atoms with Crippen molar-refractivity contribution in [1.82, 2.24) is 4.90 Å². The van der Waals surface area contributed by atoms with E-state index in [1.807, 2.05) is 57.2 Å². The highest BCUT2D eigenvalue weighted by Gasteiger charge is 2.36. The third-order valence-corrected chi connectivity index (χ3v) is 5.83. The molecule has 0 aliphatic carbocycles. The molecule has 3 amide bonds. The molecule has 1 aliphatic heterocycles. The molecule has 0 aromatic heterocycles. The third-order valence-electron chi connectivity index (χ3n) is 5.83. The molecule has 2 aromatic rings. The van der Waals surface area contributed by atoms with Gasteiger partial charge in [0.15, 0.2) is 0 Å². The van der Waals surface area contributed by atoms with Crippen molar-refractivity contribution in [3.8, 4) is 0 Å². The summed E-state index contributed by atoms with van der Waals surface area (Å²) in [5.74, 6) is -0.943. The fourth-order valence-corrected chi connectivity index (χ4v) is 4.20. The van der Waals surface area contributed by atoms with Crippen molar-refractivity contribution in [3.63, 3.8) is 0 Å². The van der Waals surface area contributed by atoms with Crippen molar-refractivity contribution in [3.05, 3.63) is 58.7 Å². The van der Waals surface area contributed by atoms with Crippen LogP contribution in [0.2, 0.25) is 0 Å². The Morgan fingerprint density at radius 2 is 1.71 bits per heavy atom. The van der Waals surface area contributed by atoms with E-state index in [-0.39, 0.29) is 30.7 Å². The largest absolute Gasteiger partial charge is 0.336 e. The number of hydrogen-bond donors (Lipinski definition) is 1. The van der Waals surface area contributed by atoms with Gasteiger partial charge in [0.05, 0.1) is 12.5 Å². The number of carbonyl (C=O) groups excluding carboxylic acids is 3. The molecule has 31 heavy (non-hydrogen) atoms. The lowest BCUT2D eigenvalue weighted by Crippen LogP contribution is -2.39. The number of hydrogen-bond acceptors (Lipinski definition) is 3. The van der Waals surface area contributed by atoms with Gasteiger partial charge in [0.2, 0.25) is 17.7 Å².